The molecule has 5 heteroatoms. The molecular weight excluding hydrogens is 398 g/mol. The molecule has 1 unspecified atom stereocenters. The number of amides is 2. The van der Waals surface area contributed by atoms with Crippen LogP contribution in [0.1, 0.15) is 17.2 Å². The van der Waals surface area contributed by atoms with Crippen LogP contribution in [-0.2, 0) is 23.2 Å². The normalized spacial score (nSPS) is 11.5. The lowest BCUT2D eigenvalue weighted by atomic mass is 10.0. The van der Waals surface area contributed by atoms with Gasteiger partial charge in [-0.3, -0.25) is 14.5 Å². The van der Waals surface area contributed by atoms with E-state index in [1.807, 2.05) is 103 Å². The van der Waals surface area contributed by atoms with Gasteiger partial charge in [0.25, 0.3) is 0 Å². The van der Waals surface area contributed by atoms with Gasteiger partial charge >= 0.3 is 5.91 Å². The first kappa shape index (κ1) is 21.0. The number of terminal acetylenes is 1. The molecule has 0 saturated heterocycles. The summed E-state index contributed by atoms with van der Waals surface area (Å²) in [5.41, 5.74) is 3.23. The van der Waals surface area contributed by atoms with Crippen LogP contribution < -0.4 is 10.2 Å². The van der Waals surface area contributed by atoms with Crippen molar-refractivity contribution >= 4 is 28.4 Å². The fourth-order valence-electron chi connectivity index (χ4n) is 3.81. The predicted octanol–water partition coefficient (Wildman–Crippen LogP) is 4.20. The number of hydrogen-bond acceptors (Lipinski definition) is 2. The summed E-state index contributed by atoms with van der Waals surface area (Å²) in [5.74, 6) is 1.31. The van der Waals surface area contributed by atoms with Crippen LogP contribution in [0.3, 0.4) is 0 Å². The van der Waals surface area contributed by atoms with E-state index >= 15 is 0 Å². The van der Waals surface area contributed by atoms with Crippen LogP contribution in [0, 0.1) is 12.3 Å². The zero-order chi connectivity index (χ0) is 22.5. The lowest BCUT2D eigenvalue weighted by Gasteiger charge is -2.30. The summed E-state index contributed by atoms with van der Waals surface area (Å²) in [5, 5.41) is 3.92. The highest BCUT2D eigenvalue weighted by atomic mass is 16.2. The zero-order valence-electron chi connectivity index (χ0n) is 17.7. The van der Waals surface area contributed by atoms with Gasteiger partial charge in [-0.1, -0.05) is 60.7 Å². The lowest BCUT2D eigenvalue weighted by molar-refractivity contribution is -0.125. The number of aryl methyl sites for hydroxylation is 1. The Morgan fingerprint density at radius 3 is 2.38 bits per heavy atom. The number of aromatic nitrogens is 1. The third-order valence-electron chi connectivity index (χ3n) is 5.42. The maximum absolute atomic E-state index is 13.4. The first-order chi connectivity index (χ1) is 15.6. The molecule has 1 heterocycles. The minimum absolute atomic E-state index is 0.309. The van der Waals surface area contributed by atoms with Crippen molar-refractivity contribution in [3.63, 3.8) is 0 Å². The Labute approximate surface area is 187 Å². The maximum Gasteiger partial charge on any atom is 0.303 e. The second-order valence-electron chi connectivity index (χ2n) is 7.51. The van der Waals surface area contributed by atoms with Crippen LogP contribution in [0.4, 0.5) is 5.69 Å². The number of anilines is 1. The van der Waals surface area contributed by atoms with Crippen LogP contribution in [-0.4, -0.2) is 16.4 Å². The van der Waals surface area contributed by atoms with Crippen LogP contribution in [0.5, 0.6) is 0 Å². The highest BCUT2D eigenvalue weighted by molar-refractivity contribution is 6.10. The Balaban J connectivity index is 1.75. The van der Waals surface area contributed by atoms with E-state index in [0.717, 1.165) is 16.5 Å². The van der Waals surface area contributed by atoms with E-state index < -0.39 is 11.9 Å². The highest BCUT2D eigenvalue weighted by Gasteiger charge is 2.32. The fraction of sp³-hybridized carbons (Fsp3) is 0.111. The van der Waals surface area contributed by atoms with Crippen LogP contribution in [0.25, 0.3) is 10.9 Å². The second kappa shape index (κ2) is 9.23. The van der Waals surface area contributed by atoms with E-state index in [9.17, 15) is 9.59 Å². The Morgan fingerprint density at radius 1 is 1.00 bits per heavy atom. The number of rotatable bonds is 6. The monoisotopic (exact) mass is 421 g/mol. The van der Waals surface area contributed by atoms with E-state index in [4.69, 9.17) is 6.42 Å². The molecule has 0 aliphatic carbocycles. The third-order valence-corrected chi connectivity index (χ3v) is 5.42. The Hall–Kier alpha value is -4.30. The molecular formula is C27H23N3O2. The summed E-state index contributed by atoms with van der Waals surface area (Å²) in [7, 11) is 1.95. The summed E-state index contributed by atoms with van der Waals surface area (Å²) in [6.45, 7) is 0.346. The minimum Gasteiger partial charge on any atom is -0.351 e. The van der Waals surface area contributed by atoms with Crippen LogP contribution >= 0.6 is 0 Å². The summed E-state index contributed by atoms with van der Waals surface area (Å²) in [6, 6.07) is 25.5. The number of hydrogen-bond donors (Lipinski definition) is 1. The quantitative estimate of drug-likeness (QED) is 0.475. The molecule has 2 amide bonds. The van der Waals surface area contributed by atoms with Crippen LogP contribution in [0.2, 0.25) is 0 Å². The molecule has 4 aromatic rings. The van der Waals surface area contributed by atoms with Crippen molar-refractivity contribution in [1.82, 2.24) is 9.88 Å². The van der Waals surface area contributed by atoms with Crippen molar-refractivity contribution in [2.24, 2.45) is 7.05 Å². The van der Waals surface area contributed by atoms with Gasteiger partial charge in [-0.05, 0) is 41.3 Å². The smallest absolute Gasteiger partial charge is 0.303 e. The number of nitrogens with one attached hydrogen (secondary N) is 1. The van der Waals surface area contributed by atoms with Gasteiger partial charge in [0.2, 0.25) is 5.91 Å². The molecule has 1 N–H and O–H groups in total. The van der Waals surface area contributed by atoms with Crippen molar-refractivity contribution < 1.29 is 9.59 Å². The third kappa shape index (κ3) is 4.26. The number of carbonyl (C=O) groups is 2. The molecule has 1 aromatic heterocycles. The molecule has 0 aliphatic rings. The molecule has 0 radical (unpaired) electrons. The van der Waals surface area contributed by atoms with Crippen molar-refractivity contribution in [1.29, 1.82) is 0 Å². The number of fused-ring (bicyclic) bond motifs is 1. The minimum atomic E-state index is -0.912. The predicted molar refractivity (Wildman–Crippen MR) is 127 cm³/mol. The van der Waals surface area contributed by atoms with Gasteiger partial charge in [0.1, 0.15) is 6.04 Å². The van der Waals surface area contributed by atoms with Crippen molar-refractivity contribution in [3.05, 3.63) is 102 Å². The van der Waals surface area contributed by atoms with E-state index in [-0.39, 0.29) is 5.91 Å². The summed E-state index contributed by atoms with van der Waals surface area (Å²) in [6.07, 6.45) is 7.48. The van der Waals surface area contributed by atoms with Crippen LogP contribution in [0.15, 0.2) is 91.1 Å². The molecule has 0 bridgehead atoms. The molecule has 1 atom stereocenters. The van der Waals surface area contributed by atoms with E-state index in [1.165, 1.54) is 4.90 Å². The molecule has 158 valence electrons. The van der Waals surface area contributed by atoms with Crippen molar-refractivity contribution in [2.45, 2.75) is 12.6 Å². The molecule has 0 fully saturated rings. The summed E-state index contributed by atoms with van der Waals surface area (Å²) in [4.78, 5) is 27.8. The van der Waals surface area contributed by atoms with Gasteiger partial charge in [0, 0.05) is 36.4 Å². The van der Waals surface area contributed by atoms with Gasteiger partial charge in [-0.2, -0.15) is 0 Å². The number of nitrogens with zero attached hydrogens (tertiary/aromatic N) is 2. The molecule has 3 aromatic carbocycles. The fourth-order valence-corrected chi connectivity index (χ4v) is 3.81. The SMILES string of the molecule is C#CC(=O)N(c1ccc2c(ccn2C)c1)C(C(=O)NCc1ccccc1)c1ccccc1. The largest absolute Gasteiger partial charge is 0.351 e. The summed E-state index contributed by atoms with van der Waals surface area (Å²) >= 11 is 0. The average Bonchev–Trinajstić information content (AvgIpc) is 3.21. The number of carbonyl (C=O) groups excluding carboxylic acids is 2. The standard InChI is InChI=1S/C27H23N3O2/c1-3-25(31)30(23-14-15-24-22(18-23)16-17-29(24)2)26(21-12-8-5-9-13-21)27(32)28-19-20-10-6-4-7-11-20/h1,4-18,26H,19H2,2H3,(H,28,32). The topological polar surface area (TPSA) is 54.3 Å². The molecule has 0 spiro atoms. The first-order valence-corrected chi connectivity index (χ1v) is 10.3. The maximum atomic E-state index is 13.4. The molecule has 0 aliphatic heterocycles. The van der Waals surface area contributed by atoms with Gasteiger partial charge in [0.05, 0.1) is 0 Å². The Bertz CT molecular complexity index is 1290. The molecule has 5 nitrogen and oxygen atoms in total. The van der Waals surface area contributed by atoms with Crippen molar-refractivity contribution in [2.75, 3.05) is 4.90 Å². The molecule has 32 heavy (non-hydrogen) atoms. The Kier molecular flexibility index (Phi) is 6.05. The highest BCUT2D eigenvalue weighted by Crippen LogP contribution is 2.31. The first-order valence-electron chi connectivity index (χ1n) is 10.3. The summed E-state index contributed by atoms with van der Waals surface area (Å²) < 4.78 is 1.99. The van der Waals surface area contributed by atoms with Gasteiger partial charge in [0.15, 0.2) is 0 Å². The van der Waals surface area contributed by atoms with Gasteiger partial charge in [-0.15, -0.1) is 6.42 Å². The van der Waals surface area contributed by atoms with E-state index in [1.54, 1.807) is 0 Å². The van der Waals surface area contributed by atoms with E-state index in [0.29, 0.717) is 17.8 Å². The lowest BCUT2D eigenvalue weighted by Crippen LogP contribution is -2.43. The number of benzene rings is 3. The molecule has 0 saturated carbocycles. The Morgan fingerprint density at radius 2 is 1.69 bits per heavy atom. The average molecular weight is 422 g/mol. The zero-order valence-corrected chi connectivity index (χ0v) is 17.7. The van der Waals surface area contributed by atoms with Crippen molar-refractivity contribution in [3.8, 4) is 12.3 Å². The molecule has 4 rings (SSSR count). The van der Waals surface area contributed by atoms with Gasteiger partial charge < -0.3 is 9.88 Å². The van der Waals surface area contributed by atoms with Gasteiger partial charge in [-0.25, -0.2) is 0 Å². The second-order valence-corrected chi connectivity index (χ2v) is 7.51. The van der Waals surface area contributed by atoms with E-state index in [2.05, 4.69) is 11.2 Å².